The molecule has 9 heteroatoms. The van der Waals surface area contributed by atoms with Crippen molar-refractivity contribution in [1.82, 2.24) is 15.0 Å². The van der Waals surface area contributed by atoms with E-state index in [0.29, 0.717) is 6.07 Å². The van der Waals surface area contributed by atoms with Crippen LogP contribution in [0.3, 0.4) is 0 Å². The number of rotatable bonds is 3. The highest BCUT2D eigenvalue weighted by atomic mass is 19.1. The van der Waals surface area contributed by atoms with Gasteiger partial charge in [-0.05, 0) is 24.6 Å². The molecule has 0 atom stereocenters. The quantitative estimate of drug-likeness (QED) is 0.596. The zero-order chi connectivity index (χ0) is 21.0. The molecule has 28 heavy (non-hydrogen) atoms. The molecule has 2 aromatic heterocycles. The van der Waals surface area contributed by atoms with Gasteiger partial charge in [-0.2, -0.15) is 0 Å². The minimum atomic E-state index is -1.01. The maximum absolute atomic E-state index is 13.6. The Kier molecular flexibility index (Phi) is 6.29. The summed E-state index contributed by atoms with van der Waals surface area (Å²) in [4.78, 5) is 28.4. The molecule has 3 N–H and O–H groups in total. The molecule has 0 unspecified atom stereocenters. The fraction of sp³-hybridized carbons (Fsp3) is 0.211. The van der Waals surface area contributed by atoms with Gasteiger partial charge in [0.25, 0.3) is 11.5 Å². The summed E-state index contributed by atoms with van der Waals surface area (Å²) in [6, 6.07) is 4.14. The van der Waals surface area contributed by atoms with Crippen LogP contribution in [0.25, 0.3) is 11.0 Å². The molecule has 0 fully saturated rings. The summed E-state index contributed by atoms with van der Waals surface area (Å²) in [6.07, 6.45) is 1.05. The number of nitrogens with one attached hydrogen (secondary N) is 1. The summed E-state index contributed by atoms with van der Waals surface area (Å²) < 4.78 is 26.8. The molecule has 0 aliphatic rings. The van der Waals surface area contributed by atoms with E-state index >= 15 is 0 Å². The Balaban J connectivity index is 0.00000136. The molecule has 0 radical (unpaired) electrons. The molecule has 3 aromatic rings. The van der Waals surface area contributed by atoms with E-state index in [9.17, 15) is 28.7 Å². The molecule has 1 amide bonds. The first-order valence-corrected chi connectivity index (χ1v) is 8.45. The lowest BCUT2D eigenvalue weighted by Gasteiger charge is -2.12. The highest BCUT2D eigenvalue weighted by Gasteiger charge is 2.21. The van der Waals surface area contributed by atoms with Crippen LogP contribution in [-0.2, 0) is 6.54 Å². The van der Waals surface area contributed by atoms with Crippen LogP contribution in [-0.4, -0.2) is 25.9 Å². The van der Waals surface area contributed by atoms with Crippen molar-refractivity contribution in [3.05, 3.63) is 69.1 Å². The van der Waals surface area contributed by atoms with Crippen LogP contribution in [0.5, 0.6) is 5.75 Å². The number of carbonyl (C=O) groups is 1. The smallest absolute Gasteiger partial charge is 0.298 e. The van der Waals surface area contributed by atoms with E-state index in [1.165, 1.54) is 19.1 Å². The van der Waals surface area contributed by atoms with Gasteiger partial charge in [-0.25, -0.2) is 13.8 Å². The van der Waals surface area contributed by atoms with Crippen molar-refractivity contribution >= 4 is 16.9 Å². The second kappa shape index (κ2) is 8.47. The van der Waals surface area contributed by atoms with Gasteiger partial charge in [0.05, 0.1) is 6.20 Å². The van der Waals surface area contributed by atoms with Gasteiger partial charge in [-0.1, -0.05) is 19.9 Å². The Morgan fingerprint density at radius 3 is 2.57 bits per heavy atom. The molecule has 148 valence electrons. The third-order valence-corrected chi connectivity index (χ3v) is 3.92. The summed E-state index contributed by atoms with van der Waals surface area (Å²) in [5, 5.41) is 22.0. The topological polar surface area (TPSA) is 104 Å². The van der Waals surface area contributed by atoms with Crippen molar-refractivity contribution < 1.29 is 23.9 Å². The molecular formula is C19H19F2N3O4. The molecule has 2 heterocycles. The van der Waals surface area contributed by atoms with Crippen LogP contribution in [0.1, 0.15) is 35.3 Å². The van der Waals surface area contributed by atoms with Crippen LogP contribution in [0.15, 0.2) is 35.3 Å². The number of nitrogens with zero attached hydrogens (tertiary/aromatic N) is 2. The number of benzene rings is 1. The normalized spacial score (nSPS) is 10.3. The van der Waals surface area contributed by atoms with Crippen molar-refractivity contribution in [2.75, 3.05) is 0 Å². The van der Waals surface area contributed by atoms with Crippen molar-refractivity contribution in [1.29, 1.82) is 0 Å². The predicted octanol–water partition coefficient (Wildman–Crippen LogP) is 2.88. The average Bonchev–Trinajstić information content (AvgIpc) is 2.67. The summed E-state index contributed by atoms with van der Waals surface area (Å²) in [5.41, 5.74) is -1.29. The van der Waals surface area contributed by atoms with Crippen molar-refractivity contribution in [3.8, 4) is 5.75 Å². The van der Waals surface area contributed by atoms with E-state index in [-0.39, 0.29) is 44.7 Å². The number of aromatic hydroxyl groups is 1. The van der Waals surface area contributed by atoms with E-state index < -0.39 is 23.1 Å². The molecule has 7 nitrogen and oxygen atoms in total. The number of aryl methyl sites for hydroxylation is 1. The standard InChI is InChI=1S/C17H13F2N3O4.C2H6/c1-8-12-5-11(23)7-20-15(12)22(26)17(25)14(8)16(24)21-6-9-2-3-10(18)4-13(9)19;1-2/h2-5,7,23,26H,6H2,1H3,(H,21,24);1-2H3. The predicted molar refractivity (Wildman–Crippen MR) is 98.5 cm³/mol. The average molecular weight is 391 g/mol. The van der Waals surface area contributed by atoms with Crippen LogP contribution >= 0.6 is 0 Å². The molecule has 0 saturated heterocycles. The number of carbonyl (C=O) groups excluding carboxylic acids is 1. The van der Waals surface area contributed by atoms with Gasteiger partial charge in [-0.15, -0.1) is 4.73 Å². The van der Waals surface area contributed by atoms with Crippen LogP contribution < -0.4 is 10.9 Å². The maximum atomic E-state index is 13.6. The van der Waals surface area contributed by atoms with Gasteiger partial charge >= 0.3 is 0 Å². The Hall–Kier alpha value is -3.49. The maximum Gasteiger partial charge on any atom is 0.298 e. The van der Waals surface area contributed by atoms with E-state index in [4.69, 9.17) is 0 Å². The highest BCUT2D eigenvalue weighted by Crippen LogP contribution is 2.21. The monoisotopic (exact) mass is 391 g/mol. The van der Waals surface area contributed by atoms with E-state index in [2.05, 4.69) is 10.3 Å². The molecular weight excluding hydrogens is 372 g/mol. The van der Waals surface area contributed by atoms with Crippen molar-refractivity contribution in [3.63, 3.8) is 0 Å². The van der Waals surface area contributed by atoms with Gasteiger partial charge in [0.1, 0.15) is 22.9 Å². The molecule has 1 aromatic carbocycles. The fourth-order valence-electron chi connectivity index (χ4n) is 2.58. The SMILES string of the molecule is CC.Cc1c(C(=O)NCc2ccc(F)cc2F)c(=O)n(O)c2ncc(O)cc12. The number of halogens is 2. The molecule has 0 bridgehead atoms. The lowest BCUT2D eigenvalue weighted by atomic mass is 10.1. The first kappa shape index (κ1) is 20.8. The Bertz CT molecular complexity index is 1100. The zero-order valence-electron chi connectivity index (χ0n) is 15.5. The summed E-state index contributed by atoms with van der Waals surface area (Å²) in [6.45, 7) is 5.17. The molecule has 0 spiro atoms. The van der Waals surface area contributed by atoms with Crippen molar-refractivity contribution in [2.24, 2.45) is 0 Å². The number of pyridine rings is 2. The summed E-state index contributed by atoms with van der Waals surface area (Å²) in [7, 11) is 0. The molecule has 0 aliphatic heterocycles. The van der Waals surface area contributed by atoms with Gasteiger partial charge in [0, 0.05) is 23.6 Å². The molecule has 0 aliphatic carbocycles. The third-order valence-electron chi connectivity index (χ3n) is 3.92. The number of hydrogen-bond donors (Lipinski definition) is 3. The summed E-state index contributed by atoms with van der Waals surface area (Å²) in [5.74, 6) is -2.66. The Morgan fingerprint density at radius 2 is 1.93 bits per heavy atom. The van der Waals surface area contributed by atoms with Gasteiger partial charge in [-0.3, -0.25) is 9.59 Å². The summed E-state index contributed by atoms with van der Waals surface area (Å²) >= 11 is 0. The third kappa shape index (κ3) is 3.93. The number of amides is 1. The zero-order valence-corrected chi connectivity index (χ0v) is 15.5. The van der Waals surface area contributed by atoms with Crippen LogP contribution in [0.4, 0.5) is 8.78 Å². The van der Waals surface area contributed by atoms with E-state index in [0.717, 1.165) is 12.3 Å². The minimum Gasteiger partial charge on any atom is -0.506 e. The highest BCUT2D eigenvalue weighted by molar-refractivity contribution is 5.99. The largest absolute Gasteiger partial charge is 0.506 e. The van der Waals surface area contributed by atoms with Crippen molar-refractivity contribution in [2.45, 2.75) is 27.3 Å². The van der Waals surface area contributed by atoms with E-state index in [1.54, 1.807) is 0 Å². The van der Waals surface area contributed by atoms with Crippen LogP contribution in [0, 0.1) is 18.6 Å². The van der Waals surface area contributed by atoms with Gasteiger partial charge in [0.2, 0.25) is 0 Å². The first-order valence-electron chi connectivity index (χ1n) is 8.45. The fourth-order valence-corrected chi connectivity index (χ4v) is 2.58. The van der Waals surface area contributed by atoms with Crippen LogP contribution in [0.2, 0.25) is 0 Å². The lowest BCUT2D eigenvalue weighted by Crippen LogP contribution is -2.34. The number of fused-ring (bicyclic) bond motifs is 1. The number of hydrogen-bond acceptors (Lipinski definition) is 5. The van der Waals surface area contributed by atoms with Gasteiger partial charge < -0.3 is 15.6 Å². The molecule has 3 rings (SSSR count). The minimum absolute atomic E-state index is 0.0295. The second-order valence-corrected chi connectivity index (χ2v) is 5.60. The number of aromatic nitrogens is 2. The van der Waals surface area contributed by atoms with Gasteiger partial charge in [0.15, 0.2) is 5.65 Å². The Labute approximate surface area is 158 Å². The molecule has 0 saturated carbocycles. The second-order valence-electron chi connectivity index (χ2n) is 5.60. The first-order chi connectivity index (χ1) is 13.3. The Morgan fingerprint density at radius 1 is 1.25 bits per heavy atom. The van der Waals surface area contributed by atoms with E-state index in [1.807, 2.05) is 13.8 Å². The lowest BCUT2D eigenvalue weighted by molar-refractivity contribution is 0.0942.